The molecule has 148 valence electrons. The Labute approximate surface area is 167 Å². The van der Waals surface area contributed by atoms with Crippen molar-refractivity contribution in [2.45, 2.75) is 6.92 Å². The van der Waals surface area contributed by atoms with Crippen LogP contribution in [0.1, 0.15) is 23.0 Å². The van der Waals surface area contributed by atoms with Gasteiger partial charge in [-0.05, 0) is 31.2 Å². The number of ether oxygens (including phenoxy) is 1. The Hall–Kier alpha value is -3.80. The number of piperazine rings is 1. The maximum atomic E-state index is 11.7. The Morgan fingerprint density at radius 3 is 2.66 bits per heavy atom. The molecule has 0 aromatic carbocycles. The van der Waals surface area contributed by atoms with Crippen molar-refractivity contribution in [3.05, 3.63) is 48.0 Å². The summed E-state index contributed by atoms with van der Waals surface area (Å²) < 4.78 is 16.1. The highest BCUT2D eigenvalue weighted by Gasteiger charge is 2.26. The predicted molar refractivity (Wildman–Crippen MR) is 104 cm³/mol. The molecular formula is C20H19N5O4. The summed E-state index contributed by atoms with van der Waals surface area (Å²) in [6.07, 6.45) is 3.06. The minimum atomic E-state index is -0.377. The zero-order valence-electron chi connectivity index (χ0n) is 15.9. The smallest absolute Gasteiger partial charge is 0.339 e. The Morgan fingerprint density at radius 2 is 2.03 bits per heavy atom. The lowest BCUT2D eigenvalue weighted by atomic mass is 10.2. The Kier molecular flexibility index (Phi) is 5.16. The third-order valence-electron chi connectivity index (χ3n) is 4.60. The standard InChI is InChI=1S/C20H19N5O4/c1-2-27-20(26)14-5-6-17(22-13-14)24-7-9-25(10-8-24)19-15(12-21)23-18(29-19)16-4-3-11-28-16/h3-6,11,13H,2,7-10H2,1H3. The van der Waals surface area contributed by atoms with Crippen molar-refractivity contribution < 1.29 is 18.4 Å². The van der Waals surface area contributed by atoms with E-state index in [-0.39, 0.29) is 11.7 Å². The number of esters is 1. The van der Waals surface area contributed by atoms with Gasteiger partial charge in [0.15, 0.2) is 5.76 Å². The number of oxazole rings is 1. The molecule has 0 saturated carbocycles. The van der Waals surface area contributed by atoms with E-state index in [4.69, 9.17) is 13.6 Å². The predicted octanol–water partition coefficient (Wildman–Crippen LogP) is 2.70. The van der Waals surface area contributed by atoms with Crippen LogP contribution < -0.4 is 9.80 Å². The molecule has 4 heterocycles. The number of anilines is 2. The molecule has 0 N–H and O–H groups in total. The summed E-state index contributed by atoms with van der Waals surface area (Å²) in [5, 5.41) is 9.41. The molecule has 3 aromatic rings. The second kappa shape index (κ2) is 8.06. The molecule has 0 atom stereocenters. The quantitative estimate of drug-likeness (QED) is 0.604. The third-order valence-corrected chi connectivity index (χ3v) is 4.60. The summed E-state index contributed by atoms with van der Waals surface area (Å²) in [5.74, 6) is 1.63. The maximum Gasteiger partial charge on any atom is 0.339 e. The van der Waals surface area contributed by atoms with Crippen LogP contribution in [-0.4, -0.2) is 48.7 Å². The maximum absolute atomic E-state index is 11.7. The van der Waals surface area contributed by atoms with Crippen LogP contribution in [0.2, 0.25) is 0 Å². The van der Waals surface area contributed by atoms with Gasteiger partial charge in [0, 0.05) is 32.4 Å². The fourth-order valence-electron chi connectivity index (χ4n) is 3.15. The van der Waals surface area contributed by atoms with E-state index in [0.717, 1.165) is 5.82 Å². The van der Waals surface area contributed by atoms with Gasteiger partial charge < -0.3 is 23.4 Å². The molecule has 1 fully saturated rings. The minimum Gasteiger partial charge on any atom is -0.462 e. The first-order valence-corrected chi connectivity index (χ1v) is 9.27. The van der Waals surface area contributed by atoms with E-state index in [1.54, 1.807) is 25.1 Å². The van der Waals surface area contributed by atoms with Crippen LogP contribution in [0.4, 0.5) is 11.7 Å². The molecule has 0 amide bonds. The van der Waals surface area contributed by atoms with E-state index >= 15 is 0 Å². The van der Waals surface area contributed by atoms with E-state index in [9.17, 15) is 10.1 Å². The van der Waals surface area contributed by atoms with Gasteiger partial charge in [0.25, 0.3) is 5.89 Å². The molecule has 1 aliphatic rings. The normalized spacial score (nSPS) is 13.9. The van der Waals surface area contributed by atoms with E-state index in [2.05, 4.69) is 20.9 Å². The van der Waals surface area contributed by atoms with E-state index < -0.39 is 0 Å². The number of hydrogen-bond acceptors (Lipinski definition) is 9. The van der Waals surface area contributed by atoms with E-state index in [1.165, 1.54) is 12.5 Å². The number of rotatable bonds is 5. The molecule has 0 bridgehead atoms. The average molecular weight is 393 g/mol. The molecular weight excluding hydrogens is 374 g/mol. The highest BCUT2D eigenvalue weighted by atomic mass is 16.5. The highest BCUT2D eigenvalue weighted by Crippen LogP contribution is 2.29. The van der Waals surface area contributed by atoms with Gasteiger partial charge in [-0.15, -0.1) is 0 Å². The zero-order chi connectivity index (χ0) is 20.2. The molecule has 0 radical (unpaired) electrons. The van der Waals surface area contributed by atoms with Gasteiger partial charge in [0.1, 0.15) is 11.9 Å². The molecule has 3 aromatic heterocycles. The van der Waals surface area contributed by atoms with Gasteiger partial charge in [0.2, 0.25) is 11.6 Å². The fourth-order valence-corrected chi connectivity index (χ4v) is 3.15. The fraction of sp³-hybridized carbons (Fsp3) is 0.300. The molecule has 0 unspecified atom stereocenters. The second-order valence-electron chi connectivity index (χ2n) is 6.36. The molecule has 29 heavy (non-hydrogen) atoms. The van der Waals surface area contributed by atoms with Gasteiger partial charge in [-0.25, -0.2) is 9.78 Å². The minimum absolute atomic E-state index is 0.238. The molecule has 1 saturated heterocycles. The van der Waals surface area contributed by atoms with Gasteiger partial charge in [-0.2, -0.15) is 10.2 Å². The number of nitriles is 1. The van der Waals surface area contributed by atoms with Crippen LogP contribution in [0.25, 0.3) is 11.7 Å². The molecule has 9 nitrogen and oxygen atoms in total. The first-order chi connectivity index (χ1) is 14.2. The molecule has 9 heteroatoms. The topological polar surface area (TPSA) is 109 Å². The largest absolute Gasteiger partial charge is 0.462 e. The highest BCUT2D eigenvalue weighted by molar-refractivity contribution is 5.89. The summed E-state index contributed by atoms with van der Waals surface area (Å²) in [6.45, 7) is 4.76. The summed E-state index contributed by atoms with van der Waals surface area (Å²) >= 11 is 0. The Balaban J connectivity index is 1.43. The summed E-state index contributed by atoms with van der Waals surface area (Å²) in [6, 6.07) is 9.09. The van der Waals surface area contributed by atoms with Crippen LogP contribution >= 0.6 is 0 Å². The lowest BCUT2D eigenvalue weighted by Gasteiger charge is -2.35. The number of carbonyl (C=O) groups excluding carboxylic acids is 1. The number of furan rings is 1. The molecule has 0 aliphatic carbocycles. The van der Waals surface area contributed by atoms with Gasteiger partial charge >= 0.3 is 5.97 Å². The van der Waals surface area contributed by atoms with Crippen LogP contribution in [-0.2, 0) is 4.74 Å². The van der Waals surface area contributed by atoms with Crippen molar-refractivity contribution in [1.82, 2.24) is 9.97 Å². The third kappa shape index (κ3) is 3.78. The number of pyridine rings is 1. The van der Waals surface area contributed by atoms with Gasteiger partial charge in [0.05, 0.1) is 18.4 Å². The van der Waals surface area contributed by atoms with E-state index in [0.29, 0.717) is 55.9 Å². The lowest BCUT2D eigenvalue weighted by molar-refractivity contribution is 0.0526. The summed E-state index contributed by atoms with van der Waals surface area (Å²) in [5.41, 5.74) is 0.668. The van der Waals surface area contributed by atoms with Crippen LogP contribution in [0.5, 0.6) is 0 Å². The van der Waals surface area contributed by atoms with Crippen molar-refractivity contribution in [2.24, 2.45) is 0 Å². The second-order valence-corrected chi connectivity index (χ2v) is 6.36. The van der Waals surface area contributed by atoms with Crippen LogP contribution in [0.3, 0.4) is 0 Å². The van der Waals surface area contributed by atoms with Crippen molar-refractivity contribution in [3.63, 3.8) is 0 Å². The lowest BCUT2D eigenvalue weighted by Crippen LogP contribution is -2.47. The monoisotopic (exact) mass is 393 g/mol. The Bertz CT molecular complexity index is 1010. The van der Waals surface area contributed by atoms with Crippen molar-refractivity contribution >= 4 is 17.7 Å². The van der Waals surface area contributed by atoms with Crippen LogP contribution in [0, 0.1) is 11.3 Å². The number of carbonyl (C=O) groups is 1. The molecule has 1 aliphatic heterocycles. The molecule has 4 rings (SSSR count). The first-order valence-electron chi connectivity index (χ1n) is 9.27. The zero-order valence-corrected chi connectivity index (χ0v) is 15.9. The Morgan fingerprint density at radius 1 is 1.24 bits per heavy atom. The molecule has 0 spiro atoms. The van der Waals surface area contributed by atoms with Gasteiger partial charge in [-0.1, -0.05) is 0 Å². The summed E-state index contributed by atoms with van der Waals surface area (Å²) in [4.78, 5) is 24.5. The average Bonchev–Trinajstić information content (AvgIpc) is 3.44. The van der Waals surface area contributed by atoms with Crippen molar-refractivity contribution in [2.75, 3.05) is 42.6 Å². The summed E-state index contributed by atoms with van der Waals surface area (Å²) in [7, 11) is 0. The van der Waals surface area contributed by atoms with E-state index in [1.807, 2.05) is 11.0 Å². The number of hydrogen-bond donors (Lipinski definition) is 0. The number of nitrogens with zero attached hydrogens (tertiary/aromatic N) is 5. The van der Waals surface area contributed by atoms with Gasteiger partial charge in [-0.3, -0.25) is 0 Å². The van der Waals surface area contributed by atoms with Crippen molar-refractivity contribution in [3.8, 4) is 17.7 Å². The first kappa shape index (κ1) is 18.6. The SMILES string of the molecule is CCOC(=O)c1ccc(N2CCN(c3oc(-c4ccco4)nc3C#N)CC2)nc1. The van der Waals surface area contributed by atoms with Crippen molar-refractivity contribution in [1.29, 1.82) is 5.26 Å². The number of aromatic nitrogens is 2. The van der Waals surface area contributed by atoms with Crippen LogP contribution in [0.15, 0.2) is 45.6 Å².